The van der Waals surface area contributed by atoms with Crippen molar-refractivity contribution in [3.63, 3.8) is 0 Å². The summed E-state index contributed by atoms with van der Waals surface area (Å²) in [6.45, 7) is 3.09. The number of aromatic nitrogens is 2. The Morgan fingerprint density at radius 1 is 0.920 bits per heavy atom. The van der Waals surface area contributed by atoms with Crippen molar-refractivity contribution in [2.24, 2.45) is 0 Å². The first kappa shape index (κ1) is 16.3. The molecule has 0 bridgehead atoms. The Labute approximate surface area is 147 Å². The fourth-order valence-corrected chi connectivity index (χ4v) is 4.61. The summed E-state index contributed by atoms with van der Waals surface area (Å²) < 4.78 is 26.9. The largest absolute Gasteiger partial charge is 0.341 e. The lowest BCUT2D eigenvalue weighted by Crippen LogP contribution is -2.48. The Morgan fingerprint density at radius 3 is 2.32 bits per heavy atom. The molecule has 0 atom stereocenters. The lowest BCUT2D eigenvalue weighted by atomic mass is 10.3. The number of para-hydroxylation sites is 2. The van der Waals surface area contributed by atoms with Gasteiger partial charge >= 0.3 is 0 Å². The van der Waals surface area contributed by atoms with Crippen LogP contribution in [0.4, 0.5) is 0 Å². The van der Waals surface area contributed by atoms with Crippen LogP contribution in [0.5, 0.6) is 0 Å². The second kappa shape index (κ2) is 6.59. The predicted molar refractivity (Wildman–Crippen MR) is 96.6 cm³/mol. The number of benzene rings is 2. The summed E-state index contributed by atoms with van der Waals surface area (Å²) in [4.78, 5) is 10.5. The lowest BCUT2D eigenvalue weighted by molar-refractivity contribution is 0.178. The van der Waals surface area contributed by atoms with E-state index < -0.39 is 10.0 Å². The van der Waals surface area contributed by atoms with Crippen LogP contribution < -0.4 is 0 Å². The van der Waals surface area contributed by atoms with E-state index in [2.05, 4.69) is 14.9 Å². The van der Waals surface area contributed by atoms with Gasteiger partial charge in [0, 0.05) is 26.2 Å². The maximum absolute atomic E-state index is 12.7. The highest BCUT2D eigenvalue weighted by Gasteiger charge is 2.28. The van der Waals surface area contributed by atoms with Crippen molar-refractivity contribution >= 4 is 21.1 Å². The Kier molecular flexibility index (Phi) is 4.29. The zero-order valence-electron chi connectivity index (χ0n) is 13.8. The number of sulfonamides is 1. The number of fused-ring (bicyclic) bond motifs is 1. The zero-order valence-corrected chi connectivity index (χ0v) is 14.6. The minimum absolute atomic E-state index is 0.362. The Balaban J connectivity index is 1.41. The molecule has 0 saturated carbocycles. The molecule has 7 heteroatoms. The average molecular weight is 356 g/mol. The smallest absolute Gasteiger partial charge is 0.243 e. The molecule has 2 heterocycles. The number of rotatable bonds is 4. The van der Waals surface area contributed by atoms with Crippen molar-refractivity contribution in [1.82, 2.24) is 19.2 Å². The van der Waals surface area contributed by atoms with Crippen LogP contribution in [0.15, 0.2) is 59.5 Å². The van der Waals surface area contributed by atoms with Crippen LogP contribution in [0.1, 0.15) is 5.82 Å². The molecule has 0 spiro atoms. The third kappa shape index (κ3) is 3.30. The molecule has 6 nitrogen and oxygen atoms in total. The molecule has 1 fully saturated rings. The van der Waals surface area contributed by atoms with Crippen LogP contribution in [0.25, 0.3) is 11.0 Å². The summed E-state index contributed by atoms with van der Waals surface area (Å²) in [6.07, 6.45) is 0. The fourth-order valence-electron chi connectivity index (χ4n) is 3.16. The normalized spacial score (nSPS) is 17.1. The third-order valence-corrected chi connectivity index (χ3v) is 6.44. The van der Waals surface area contributed by atoms with E-state index in [1.165, 1.54) is 0 Å². The van der Waals surface area contributed by atoms with Gasteiger partial charge in [-0.2, -0.15) is 4.31 Å². The molecule has 25 heavy (non-hydrogen) atoms. The van der Waals surface area contributed by atoms with Gasteiger partial charge in [-0.3, -0.25) is 4.90 Å². The molecule has 0 amide bonds. The number of H-pyrrole nitrogens is 1. The Morgan fingerprint density at radius 2 is 1.60 bits per heavy atom. The van der Waals surface area contributed by atoms with Crippen molar-refractivity contribution in [1.29, 1.82) is 0 Å². The maximum atomic E-state index is 12.7. The molecule has 1 aliphatic heterocycles. The van der Waals surface area contributed by atoms with Gasteiger partial charge < -0.3 is 4.98 Å². The Bertz CT molecular complexity index is 928. The van der Waals surface area contributed by atoms with Crippen molar-refractivity contribution in [2.75, 3.05) is 26.2 Å². The van der Waals surface area contributed by atoms with Gasteiger partial charge in [-0.25, -0.2) is 13.4 Å². The van der Waals surface area contributed by atoms with Crippen LogP contribution in [0.3, 0.4) is 0 Å². The van der Waals surface area contributed by atoms with Crippen molar-refractivity contribution in [3.05, 3.63) is 60.4 Å². The molecule has 4 rings (SSSR count). The molecule has 1 aliphatic rings. The van der Waals surface area contributed by atoms with Gasteiger partial charge in [0.15, 0.2) is 0 Å². The molecule has 2 aromatic carbocycles. The molecule has 130 valence electrons. The standard InChI is InChI=1S/C18H20N4O2S/c23-25(24,15-6-2-1-3-7-15)22-12-10-21(11-13-22)14-18-19-16-8-4-5-9-17(16)20-18/h1-9H,10-14H2,(H,19,20). The highest BCUT2D eigenvalue weighted by atomic mass is 32.2. The minimum Gasteiger partial charge on any atom is -0.341 e. The van der Waals surface area contributed by atoms with E-state index in [0.717, 1.165) is 16.9 Å². The average Bonchev–Trinajstić information content (AvgIpc) is 3.05. The number of hydrogen-bond acceptors (Lipinski definition) is 4. The summed E-state index contributed by atoms with van der Waals surface area (Å²) in [5, 5.41) is 0. The van der Waals surface area contributed by atoms with Crippen molar-refractivity contribution in [3.8, 4) is 0 Å². The van der Waals surface area contributed by atoms with E-state index in [1.54, 1.807) is 28.6 Å². The summed E-state index contributed by atoms with van der Waals surface area (Å²) >= 11 is 0. The number of piperazine rings is 1. The molecule has 3 aromatic rings. The van der Waals surface area contributed by atoms with Crippen LogP contribution in [0, 0.1) is 0 Å². The molecule has 0 aliphatic carbocycles. The van der Waals surface area contributed by atoms with Crippen molar-refractivity contribution < 1.29 is 8.42 Å². The lowest BCUT2D eigenvalue weighted by Gasteiger charge is -2.33. The molecule has 1 saturated heterocycles. The monoisotopic (exact) mass is 356 g/mol. The topological polar surface area (TPSA) is 69.3 Å². The number of imidazole rings is 1. The second-order valence-electron chi connectivity index (χ2n) is 6.19. The van der Waals surface area contributed by atoms with E-state index in [1.807, 2.05) is 30.3 Å². The van der Waals surface area contributed by atoms with Gasteiger partial charge in [-0.15, -0.1) is 0 Å². The van der Waals surface area contributed by atoms with Gasteiger partial charge in [0.25, 0.3) is 0 Å². The van der Waals surface area contributed by atoms with E-state index in [-0.39, 0.29) is 0 Å². The quantitative estimate of drug-likeness (QED) is 0.777. The van der Waals surface area contributed by atoms with E-state index in [9.17, 15) is 8.42 Å². The first-order chi connectivity index (χ1) is 12.1. The third-order valence-electron chi connectivity index (χ3n) is 4.52. The molecule has 0 unspecified atom stereocenters. The maximum Gasteiger partial charge on any atom is 0.243 e. The fraction of sp³-hybridized carbons (Fsp3) is 0.278. The number of nitrogens with zero attached hydrogens (tertiary/aromatic N) is 3. The van der Waals surface area contributed by atoms with Crippen molar-refractivity contribution in [2.45, 2.75) is 11.4 Å². The number of hydrogen-bond donors (Lipinski definition) is 1. The highest BCUT2D eigenvalue weighted by molar-refractivity contribution is 7.89. The second-order valence-corrected chi connectivity index (χ2v) is 8.13. The Hall–Kier alpha value is -2.22. The molecule has 1 N–H and O–H groups in total. The highest BCUT2D eigenvalue weighted by Crippen LogP contribution is 2.18. The number of nitrogens with one attached hydrogen (secondary N) is 1. The molecule has 0 radical (unpaired) electrons. The summed E-state index contributed by atoms with van der Waals surface area (Å²) in [6, 6.07) is 16.6. The zero-order chi connectivity index (χ0) is 17.3. The van der Waals surface area contributed by atoms with Gasteiger partial charge in [-0.05, 0) is 24.3 Å². The van der Waals surface area contributed by atoms with E-state index in [0.29, 0.717) is 37.6 Å². The molecule has 1 aromatic heterocycles. The SMILES string of the molecule is O=S(=O)(c1ccccc1)N1CCN(Cc2nc3ccccc3[nH]2)CC1. The predicted octanol–water partition coefficient (Wildman–Crippen LogP) is 2.07. The molecular formula is C18H20N4O2S. The van der Waals surface area contributed by atoms with Crippen LogP contribution >= 0.6 is 0 Å². The van der Waals surface area contributed by atoms with Gasteiger partial charge in [0.2, 0.25) is 10.0 Å². The van der Waals surface area contributed by atoms with Crippen LogP contribution in [-0.2, 0) is 16.6 Å². The van der Waals surface area contributed by atoms with Gasteiger partial charge in [0.05, 0.1) is 22.5 Å². The summed E-state index contributed by atoms with van der Waals surface area (Å²) in [5.41, 5.74) is 1.99. The minimum atomic E-state index is -3.40. The first-order valence-corrected chi connectivity index (χ1v) is 9.78. The number of aromatic amines is 1. The summed E-state index contributed by atoms with van der Waals surface area (Å²) in [7, 11) is -3.40. The summed E-state index contributed by atoms with van der Waals surface area (Å²) in [5.74, 6) is 0.917. The van der Waals surface area contributed by atoms with E-state index >= 15 is 0 Å². The van der Waals surface area contributed by atoms with E-state index in [4.69, 9.17) is 0 Å². The molecular weight excluding hydrogens is 336 g/mol. The van der Waals surface area contributed by atoms with Gasteiger partial charge in [0.1, 0.15) is 5.82 Å². The van der Waals surface area contributed by atoms with Crippen LogP contribution in [0.2, 0.25) is 0 Å². The van der Waals surface area contributed by atoms with Crippen LogP contribution in [-0.4, -0.2) is 53.8 Å². The first-order valence-electron chi connectivity index (χ1n) is 8.34. The van der Waals surface area contributed by atoms with Gasteiger partial charge in [-0.1, -0.05) is 30.3 Å².